The van der Waals surface area contributed by atoms with Crippen LogP contribution in [-0.2, 0) is 0 Å². The van der Waals surface area contributed by atoms with Gasteiger partial charge in [0.25, 0.3) is 5.56 Å². The van der Waals surface area contributed by atoms with Gasteiger partial charge in [0.05, 0.1) is 6.33 Å². The molecule has 17 heavy (non-hydrogen) atoms. The van der Waals surface area contributed by atoms with E-state index in [0.29, 0.717) is 15.4 Å². The Kier molecular flexibility index (Phi) is 6.54. The highest BCUT2D eigenvalue weighted by molar-refractivity contribution is 14.1. The van der Waals surface area contributed by atoms with Gasteiger partial charge in [-0.05, 0) is 35.4 Å². The van der Waals surface area contributed by atoms with Gasteiger partial charge in [0.15, 0.2) is 0 Å². The SMILES string of the molecule is CCCCC(CCC)Nc1nc[nH]c(=O)c1I. The number of hydrogen-bond donors (Lipinski definition) is 2. The highest BCUT2D eigenvalue weighted by Gasteiger charge is 2.11. The number of anilines is 1. The second kappa shape index (κ2) is 7.68. The molecule has 1 aromatic rings. The molecule has 1 atom stereocenters. The molecule has 0 aromatic carbocycles. The monoisotopic (exact) mass is 349 g/mol. The van der Waals surface area contributed by atoms with Crippen LogP contribution in [0.3, 0.4) is 0 Å². The van der Waals surface area contributed by atoms with Crippen molar-refractivity contribution in [1.29, 1.82) is 0 Å². The van der Waals surface area contributed by atoms with Crippen LogP contribution < -0.4 is 10.9 Å². The van der Waals surface area contributed by atoms with E-state index in [0.717, 1.165) is 19.3 Å². The molecule has 1 unspecified atom stereocenters. The lowest BCUT2D eigenvalue weighted by atomic mass is 10.1. The van der Waals surface area contributed by atoms with E-state index in [9.17, 15) is 4.79 Å². The Morgan fingerprint density at radius 3 is 2.82 bits per heavy atom. The third-order valence-corrected chi connectivity index (χ3v) is 3.68. The first-order valence-corrected chi connectivity index (χ1v) is 7.26. The largest absolute Gasteiger partial charge is 0.366 e. The summed E-state index contributed by atoms with van der Waals surface area (Å²) in [6.07, 6.45) is 7.25. The summed E-state index contributed by atoms with van der Waals surface area (Å²) in [5.74, 6) is 0.712. The molecule has 0 aliphatic carbocycles. The second-order valence-corrected chi connectivity index (χ2v) is 5.25. The van der Waals surface area contributed by atoms with Gasteiger partial charge in [0, 0.05) is 6.04 Å². The van der Waals surface area contributed by atoms with Gasteiger partial charge in [-0.25, -0.2) is 4.98 Å². The molecule has 0 spiro atoms. The normalized spacial score (nSPS) is 12.4. The number of aromatic nitrogens is 2. The van der Waals surface area contributed by atoms with E-state index in [1.165, 1.54) is 19.2 Å². The summed E-state index contributed by atoms with van der Waals surface area (Å²) in [7, 11) is 0. The zero-order chi connectivity index (χ0) is 12.7. The molecule has 0 saturated heterocycles. The number of H-pyrrole nitrogens is 1. The fourth-order valence-electron chi connectivity index (χ4n) is 1.76. The maximum Gasteiger partial charge on any atom is 0.266 e. The van der Waals surface area contributed by atoms with Gasteiger partial charge in [0.2, 0.25) is 0 Å². The summed E-state index contributed by atoms with van der Waals surface area (Å²) in [6, 6.07) is 0.419. The molecule has 0 aliphatic rings. The Labute approximate surface area is 116 Å². The molecule has 1 aromatic heterocycles. The number of aromatic amines is 1. The van der Waals surface area contributed by atoms with Crippen LogP contribution in [-0.4, -0.2) is 16.0 Å². The highest BCUT2D eigenvalue weighted by Crippen LogP contribution is 2.15. The van der Waals surface area contributed by atoms with E-state index in [1.807, 2.05) is 22.6 Å². The Bertz CT molecular complexity index is 392. The van der Waals surface area contributed by atoms with Crippen LogP contribution in [0.15, 0.2) is 11.1 Å². The summed E-state index contributed by atoms with van der Waals surface area (Å²) in [5.41, 5.74) is -0.0751. The molecule has 0 radical (unpaired) electrons. The van der Waals surface area contributed by atoms with Crippen molar-refractivity contribution < 1.29 is 0 Å². The molecule has 0 aliphatic heterocycles. The third-order valence-electron chi connectivity index (χ3n) is 2.68. The predicted molar refractivity (Wildman–Crippen MR) is 79.4 cm³/mol. The number of rotatable bonds is 7. The molecule has 4 nitrogen and oxygen atoms in total. The molecule has 0 fully saturated rings. The standard InChI is InChI=1S/C12H20IN3O/c1-3-5-7-9(6-4-2)16-11-10(13)12(17)15-8-14-11/h8-9H,3-7H2,1-2H3,(H2,14,15,16,17). The first-order valence-electron chi connectivity index (χ1n) is 6.18. The predicted octanol–water partition coefficient (Wildman–Crippen LogP) is 3.15. The number of nitrogens with one attached hydrogen (secondary N) is 2. The van der Waals surface area contributed by atoms with Crippen LogP contribution in [0.5, 0.6) is 0 Å². The highest BCUT2D eigenvalue weighted by atomic mass is 127. The van der Waals surface area contributed by atoms with Crippen molar-refractivity contribution in [1.82, 2.24) is 9.97 Å². The Morgan fingerprint density at radius 2 is 2.18 bits per heavy atom. The first-order chi connectivity index (χ1) is 8.19. The Hall–Kier alpha value is -0.590. The average Bonchev–Trinajstić information content (AvgIpc) is 2.32. The first kappa shape index (κ1) is 14.5. The molecule has 0 amide bonds. The second-order valence-electron chi connectivity index (χ2n) is 4.17. The lowest BCUT2D eigenvalue weighted by Crippen LogP contribution is -2.23. The van der Waals surface area contributed by atoms with Crippen molar-refractivity contribution in [3.63, 3.8) is 0 Å². The van der Waals surface area contributed by atoms with Crippen LogP contribution in [0, 0.1) is 3.57 Å². The molecule has 5 heteroatoms. The average molecular weight is 349 g/mol. The maximum absolute atomic E-state index is 11.5. The summed E-state index contributed by atoms with van der Waals surface area (Å²) < 4.78 is 0.641. The minimum Gasteiger partial charge on any atom is -0.366 e. The Balaban J connectivity index is 2.71. The van der Waals surface area contributed by atoms with Crippen LogP contribution in [0.2, 0.25) is 0 Å². The number of nitrogens with zero attached hydrogens (tertiary/aromatic N) is 1. The molecule has 0 bridgehead atoms. The van der Waals surface area contributed by atoms with Gasteiger partial charge in [0.1, 0.15) is 9.39 Å². The lowest BCUT2D eigenvalue weighted by molar-refractivity contribution is 0.562. The van der Waals surface area contributed by atoms with E-state index < -0.39 is 0 Å². The summed E-state index contributed by atoms with van der Waals surface area (Å²) in [4.78, 5) is 18.2. The van der Waals surface area contributed by atoms with Crippen molar-refractivity contribution in [3.8, 4) is 0 Å². The molecule has 1 heterocycles. The van der Waals surface area contributed by atoms with E-state index >= 15 is 0 Å². The zero-order valence-electron chi connectivity index (χ0n) is 10.4. The van der Waals surface area contributed by atoms with Gasteiger partial charge in [-0.1, -0.05) is 33.1 Å². The van der Waals surface area contributed by atoms with Crippen molar-refractivity contribution >= 4 is 28.4 Å². The molecule has 0 saturated carbocycles. The van der Waals surface area contributed by atoms with Gasteiger partial charge >= 0.3 is 0 Å². The number of halogens is 1. The summed E-state index contributed by atoms with van der Waals surface area (Å²) in [5, 5.41) is 3.39. The van der Waals surface area contributed by atoms with Crippen molar-refractivity contribution in [2.45, 2.75) is 52.0 Å². The quantitative estimate of drug-likeness (QED) is 0.744. The maximum atomic E-state index is 11.5. The Morgan fingerprint density at radius 1 is 1.41 bits per heavy atom. The zero-order valence-corrected chi connectivity index (χ0v) is 12.6. The minimum atomic E-state index is -0.0751. The van der Waals surface area contributed by atoms with E-state index in [-0.39, 0.29) is 5.56 Å². The topological polar surface area (TPSA) is 57.8 Å². The van der Waals surface area contributed by atoms with E-state index in [2.05, 4.69) is 29.1 Å². The number of hydrogen-bond acceptors (Lipinski definition) is 3. The van der Waals surface area contributed by atoms with Crippen LogP contribution in [0.25, 0.3) is 0 Å². The van der Waals surface area contributed by atoms with Gasteiger partial charge in [-0.15, -0.1) is 0 Å². The van der Waals surface area contributed by atoms with E-state index in [4.69, 9.17) is 0 Å². The number of unbranched alkanes of at least 4 members (excludes halogenated alkanes) is 1. The van der Waals surface area contributed by atoms with Crippen molar-refractivity contribution in [2.75, 3.05) is 5.32 Å². The fraction of sp³-hybridized carbons (Fsp3) is 0.667. The van der Waals surface area contributed by atoms with Gasteiger partial charge in [-0.3, -0.25) is 4.79 Å². The van der Waals surface area contributed by atoms with Crippen LogP contribution >= 0.6 is 22.6 Å². The van der Waals surface area contributed by atoms with Crippen molar-refractivity contribution in [3.05, 3.63) is 20.3 Å². The third kappa shape index (κ3) is 4.65. The molecular formula is C12H20IN3O. The van der Waals surface area contributed by atoms with E-state index in [1.54, 1.807) is 0 Å². The molecular weight excluding hydrogens is 329 g/mol. The summed E-state index contributed by atoms with van der Waals surface area (Å²) in [6.45, 7) is 4.37. The smallest absolute Gasteiger partial charge is 0.266 e. The lowest BCUT2D eigenvalue weighted by Gasteiger charge is -2.18. The van der Waals surface area contributed by atoms with Crippen molar-refractivity contribution in [2.24, 2.45) is 0 Å². The van der Waals surface area contributed by atoms with Gasteiger partial charge < -0.3 is 10.3 Å². The van der Waals surface area contributed by atoms with Crippen LogP contribution in [0.1, 0.15) is 46.0 Å². The molecule has 96 valence electrons. The van der Waals surface area contributed by atoms with Gasteiger partial charge in [-0.2, -0.15) is 0 Å². The fourth-order valence-corrected chi connectivity index (χ4v) is 2.22. The minimum absolute atomic E-state index is 0.0751. The summed E-state index contributed by atoms with van der Waals surface area (Å²) >= 11 is 2.04. The molecule has 1 rings (SSSR count). The van der Waals surface area contributed by atoms with Crippen LogP contribution in [0.4, 0.5) is 5.82 Å². The molecule has 2 N–H and O–H groups in total.